The van der Waals surface area contributed by atoms with E-state index in [0.717, 1.165) is 25.7 Å². The van der Waals surface area contributed by atoms with E-state index in [0.29, 0.717) is 30.5 Å². The van der Waals surface area contributed by atoms with E-state index in [1.807, 2.05) is 6.92 Å². The maximum Gasteiger partial charge on any atom is 0.243 e. The first-order valence-corrected chi connectivity index (χ1v) is 11.3. The van der Waals surface area contributed by atoms with Crippen LogP contribution in [0.1, 0.15) is 39.0 Å². The van der Waals surface area contributed by atoms with E-state index in [4.69, 9.17) is 11.6 Å². The van der Waals surface area contributed by atoms with Crippen molar-refractivity contribution in [3.8, 4) is 0 Å². The Morgan fingerprint density at radius 2 is 2.09 bits per heavy atom. The lowest BCUT2D eigenvalue weighted by molar-refractivity contribution is -0.154. The van der Waals surface area contributed by atoms with Gasteiger partial charge in [-0.05, 0) is 29.9 Å². The Kier molecular flexibility index (Phi) is 8.44. The lowest BCUT2D eigenvalue weighted by Crippen LogP contribution is -2.41. The minimum atomic E-state index is -0.774. The number of hydroxylamine groups is 2. The normalized spacial score (nSPS) is 22.1. The number of rotatable bonds is 10. The Labute approximate surface area is 191 Å². The van der Waals surface area contributed by atoms with Crippen molar-refractivity contribution >= 4 is 35.6 Å². The van der Waals surface area contributed by atoms with Crippen molar-refractivity contribution in [1.82, 2.24) is 20.5 Å². The van der Waals surface area contributed by atoms with Crippen LogP contribution in [-0.2, 0) is 9.59 Å². The van der Waals surface area contributed by atoms with Crippen LogP contribution in [0.3, 0.4) is 0 Å². The summed E-state index contributed by atoms with van der Waals surface area (Å²) in [6.07, 6.45) is 4.92. The standard InChI is InChI=1S/C20H30ClFN6O4/c1-12-7-27(8-15(12)10-29)18-16(22)17(23-20(21)24-18)25-26-19(31)14(9-28(32)11-30)6-13-4-2-3-5-13/h11-15,29,32H,2-10H2,1H3,(H,26,31)(H,23,24,25)/t12-,14-,15+/m1/s1. The molecule has 10 nitrogen and oxygen atoms in total. The maximum absolute atomic E-state index is 15.1. The van der Waals surface area contributed by atoms with Crippen LogP contribution >= 0.6 is 11.6 Å². The van der Waals surface area contributed by atoms with Crippen molar-refractivity contribution < 1.29 is 24.3 Å². The molecular weight excluding hydrogens is 443 g/mol. The van der Waals surface area contributed by atoms with Crippen LogP contribution in [0.4, 0.5) is 16.0 Å². The van der Waals surface area contributed by atoms with Gasteiger partial charge in [0.2, 0.25) is 23.4 Å². The lowest BCUT2D eigenvalue weighted by atomic mass is 9.92. The first-order valence-electron chi connectivity index (χ1n) is 10.9. The van der Waals surface area contributed by atoms with Crippen molar-refractivity contribution in [3.63, 3.8) is 0 Å². The molecule has 3 atom stereocenters. The molecular formula is C20H30ClFN6O4. The minimum absolute atomic E-state index is 0.00477. The predicted molar refractivity (Wildman–Crippen MR) is 115 cm³/mol. The molecule has 0 radical (unpaired) electrons. The van der Waals surface area contributed by atoms with Gasteiger partial charge in [0, 0.05) is 25.6 Å². The molecule has 0 unspecified atom stereocenters. The van der Waals surface area contributed by atoms with Gasteiger partial charge in [-0.25, -0.2) is 5.06 Å². The number of hydrogen-bond donors (Lipinski definition) is 4. The Balaban J connectivity index is 1.69. The number of aliphatic hydroxyl groups excluding tert-OH is 1. The van der Waals surface area contributed by atoms with Crippen molar-refractivity contribution in [3.05, 3.63) is 11.1 Å². The highest BCUT2D eigenvalue weighted by Gasteiger charge is 2.33. The molecule has 32 heavy (non-hydrogen) atoms. The topological polar surface area (TPSA) is 131 Å². The highest BCUT2D eigenvalue weighted by atomic mass is 35.5. The predicted octanol–water partition coefficient (Wildman–Crippen LogP) is 1.82. The van der Waals surface area contributed by atoms with Gasteiger partial charge >= 0.3 is 0 Å². The molecule has 4 N–H and O–H groups in total. The summed E-state index contributed by atoms with van der Waals surface area (Å²) in [5.41, 5.74) is 4.90. The molecule has 178 valence electrons. The average Bonchev–Trinajstić information content (AvgIpc) is 3.42. The van der Waals surface area contributed by atoms with Gasteiger partial charge < -0.3 is 10.0 Å². The van der Waals surface area contributed by atoms with Gasteiger partial charge in [-0.15, -0.1) is 0 Å². The molecule has 1 aliphatic carbocycles. The van der Waals surface area contributed by atoms with Gasteiger partial charge in [-0.3, -0.25) is 25.6 Å². The van der Waals surface area contributed by atoms with E-state index in [1.165, 1.54) is 0 Å². The quantitative estimate of drug-likeness (QED) is 0.175. The average molecular weight is 473 g/mol. The number of hydrazine groups is 1. The fraction of sp³-hybridized carbons (Fsp3) is 0.700. The number of nitrogens with one attached hydrogen (secondary N) is 2. The summed E-state index contributed by atoms with van der Waals surface area (Å²) in [6, 6.07) is 0. The summed E-state index contributed by atoms with van der Waals surface area (Å²) in [5, 5.41) is 19.3. The van der Waals surface area contributed by atoms with Crippen molar-refractivity contribution in [2.45, 2.75) is 39.0 Å². The van der Waals surface area contributed by atoms with Crippen LogP contribution in [-0.4, -0.2) is 63.9 Å². The van der Waals surface area contributed by atoms with Gasteiger partial charge in [-0.2, -0.15) is 14.4 Å². The van der Waals surface area contributed by atoms with Crippen LogP contribution in [0.15, 0.2) is 0 Å². The van der Waals surface area contributed by atoms with Crippen LogP contribution in [0, 0.1) is 29.5 Å². The first-order chi connectivity index (χ1) is 15.3. The second kappa shape index (κ2) is 11.1. The molecule has 3 rings (SSSR count). The molecule has 12 heteroatoms. The third kappa shape index (κ3) is 5.96. The summed E-state index contributed by atoms with van der Waals surface area (Å²) in [6.45, 7) is 2.72. The molecule has 1 saturated heterocycles. The minimum Gasteiger partial charge on any atom is -0.396 e. The molecule has 0 spiro atoms. The van der Waals surface area contributed by atoms with E-state index >= 15 is 4.39 Å². The number of aromatic nitrogens is 2. The fourth-order valence-corrected chi connectivity index (χ4v) is 4.72. The third-order valence-electron chi connectivity index (χ3n) is 6.41. The second-order valence-corrected chi connectivity index (χ2v) is 9.07. The van der Waals surface area contributed by atoms with E-state index in [-0.39, 0.29) is 48.3 Å². The summed E-state index contributed by atoms with van der Waals surface area (Å²) in [4.78, 5) is 33.1. The molecule has 2 aliphatic rings. The van der Waals surface area contributed by atoms with Gasteiger partial charge in [0.15, 0.2) is 11.6 Å². The molecule has 0 aromatic carbocycles. The summed E-state index contributed by atoms with van der Waals surface area (Å²) >= 11 is 5.99. The van der Waals surface area contributed by atoms with E-state index in [9.17, 15) is 19.9 Å². The Hall–Kier alpha value is -2.24. The fourth-order valence-electron chi connectivity index (χ4n) is 4.55. The number of hydrogen-bond acceptors (Lipinski definition) is 8. The smallest absolute Gasteiger partial charge is 0.243 e. The third-order valence-corrected chi connectivity index (χ3v) is 6.57. The number of carbonyl (C=O) groups is 2. The van der Waals surface area contributed by atoms with Crippen LogP contribution < -0.4 is 15.8 Å². The number of aliphatic hydroxyl groups is 1. The highest BCUT2D eigenvalue weighted by molar-refractivity contribution is 6.28. The van der Waals surface area contributed by atoms with Crippen molar-refractivity contribution in [2.24, 2.45) is 23.7 Å². The van der Waals surface area contributed by atoms with Gasteiger partial charge in [0.1, 0.15) is 0 Å². The Morgan fingerprint density at radius 1 is 1.38 bits per heavy atom. The number of anilines is 2. The Bertz CT molecular complexity index is 813. The number of amides is 2. The second-order valence-electron chi connectivity index (χ2n) is 8.73. The van der Waals surface area contributed by atoms with E-state index in [2.05, 4.69) is 20.8 Å². The molecule has 2 fully saturated rings. The van der Waals surface area contributed by atoms with Crippen LogP contribution in [0.25, 0.3) is 0 Å². The molecule has 0 bridgehead atoms. The van der Waals surface area contributed by atoms with E-state index < -0.39 is 17.6 Å². The molecule has 2 amide bonds. The van der Waals surface area contributed by atoms with Crippen molar-refractivity contribution in [1.29, 1.82) is 0 Å². The van der Waals surface area contributed by atoms with E-state index in [1.54, 1.807) is 4.90 Å². The van der Waals surface area contributed by atoms with Crippen LogP contribution in [0.5, 0.6) is 0 Å². The largest absolute Gasteiger partial charge is 0.396 e. The first kappa shape index (κ1) is 24.4. The number of nitrogens with zero attached hydrogens (tertiary/aromatic N) is 4. The summed E-state index contributed by atoms with van der Waals surface area (Å²) < 4.78 is 15.1. The lowest BCUT2D eigenvalue weighted by Gasteiger charge is -2.23. The zero-order valence-electron chi connectivity index (χ0n) is 18.0. The summed E-state index contributed by atoms with van der Waals surface area (Å²) in [5.74, 6) is -1.76. The van der Waals surface area contributed by atoms with Crippen LogP contribution in [0.2, 0.25) is 5.28 Å². The Morgan fingerprint density at radius 3 is 2.72 bits per heavy atom. The molecule has 1 aromatic rings. The molecule has 1 saturated carbocycles. The van der Waals surface area contributed by atoms with Gasteiger partial charge in [-0.1, -0.05) is 32.6 Å². The zero-order chi connectivity index (χ0) is 23.3. The number of halogens is 2. The summed E-state index contributed by atoms with van der Waals surface area (Å²) in [7, 11) is 0. The molecule has 2 heterocycles. The van der Waals surface area contributed by atoms with Gasteiger partial charge in [0.05, 0.1) is 12.5 Å². The number of carbonyl (C=O) groups excluding carboxylic acids is 2. The molecule has 1 aromatic heterocycles. The highest BCUT2D eigenvalue weighted by Crippen LogP contribution is 2.32. The maximum atomic E-state index is 15.1. The zero-order valence-corrected chi connectivity index (χ0v) is 18.8. The molecule has 1 aliphatic heterocycles. The monoisotopic (exact) mass is 472 g/mol. The SMILES string of the molecule is C[C@@H]1CN(c2nc(Cl)nc(NNC(=O)[C@H](CC3CCCC3)CN(O)C=O)c2F)C[C@H]1CO. The van der Waals surface area contributed by atoms with Gasteiger partial charge in [0.25, 0.3) is 0 Å². The van der Waals surface area contributed by atoms with Crippen molar-refractivity contribution in [2.75, 3.05) is 36.6 Å².